The number of aromatic nitrogens is 3. The standard InChI is InChI=1S/C31H38N4/c1-8-23-24(9-2)30(34-28(23)16-22-14-12-13-15-32-22)18-31-26(11-4)25(10-3)29(35-31)17-27-20(6)19(5)21(7)33-27/h12-18,33-34H,8-11H2,1-7H3/b28-16-,29-17?,30-18-. The van der Waals surface area contributed by atoms with Crippen LogP contribution in [0.25, 0.3) is 18.2 Å². The maximum atomic E-state index is 5.17. The fraction of sp³-hybridized carbons (Fsp3) is 0.355. The lowest BCUT2D eigenvalue weighted by Crippen LogP contribution is -2.15. The average Bonchev–Trinajstić information content (AvgIpc) is 3.46. The molecule has 0 spiro atoms. The highest BCUT2D eigenvalue weighted by Gasteiger charge is 2.21. The van der Waals surface area contributed by atoms with Crippen LogP contribution >= 0.6 is 0 Å². The molecule has 0 aliphatic carbocycles. The smallest absolute Gasteiger partial charge is 0.0693 e. The van der Waals surface area contributed by atoms with Gasteiger partial charge in [0.2, 0.25) is 0 Å². The molecule has 0 saturated heterocycles. The zero-order valence-electron chi connectivity index (χ0n) is 22.3. The second-order valence-electron chi connectivity index (χ2n) is 9.26. The van der Waals surface area contributed by atoms with Gasteiger partial charge in [-0.15, -0.1) is 0 Å². The molecule has 1 aliphatic rings. The molecule has 4 nitrogen and oxygen atoms in total. The fourth-order valence-electron chi connectivity index (χ4n) is 5.18. The highest BCUT2D eigenvalue weighted by molar-refractivity contribution is 6.23. The van der Waals surface area contributed by atoms with Gasteiger partial charge in [0.1, 0.15) is 0 Å². The molecule has 0 radical (unpaired) electrons. The third-order valence-electron chi connectivity index (χ3n) is 7.31. The van der Waals surface area contributed by atoms with Gasteiger partial charge in [0.15, 0.2) is 0 Å². The fourth-order valence-corrected chi connectivity index (χ4v) is 5.18. The van der Waals surface area contributed by atoms with Crippen LogP contribution in [-0.2, 0) is 12.8 Å². The highest BCUT2D eigenvalue weighted by atomic mass is 14.8. The molecule has 4 heteroatoms. The molecule has 0 amide bonds. The Hall–Kier alpha value is -3.40. The third-order valence-corrected chi connectivity index (χ3v) is 7.31. The van der Waals surface area contributed by atoms with Crippen molar-refractivity contribution in [1.82, 2.24) is 15.0 Å². The number of hydrogen-bond acceptors (Lipinski definition) is 2. The van der Waals surface area contributed by atoms with Crippen LogP contribution in [0.15, 0.2) is 46.2 Å². The predicted octanol–water partition coefficient (Wildman–Crippen LogP) is 6.01. The summed E-state index contributed by atoms with van der Waals surface area (Å²) >= 11 is 0. The minimum atomic E-state index is 0.966. The minimum absolute atomic E-state index is 0.966. The van der Waals surface area contributed by atoms with E-state index in [0.717, 1.165) is 59.2 Å². The quantitative estimate of drug-likeness (QED) is 0.440. The van der Waals surface area contributed by atoms with E-state index in [-0.39, 0.29) is 0 Å². The average molecular weight is 467 g/mol. The molecular formula is C31H38N4. The number of pyridine rings is 1. The van der Waals surface area contributed by atoms with E-state index in [4.69, 9.17) is 4.99 Å². The monoisotopic (exact) mass is 466 g/mol. The van der Waals surface area contributed by atoms with Crippen molar-refractivity contribution in [3.05, 3.63) is 91.3 Å². The van der Waals surface area contributed by atoms with Gasteiger partial charge in [0.25, 0.3) is 0 Å². The van der Waals surface area contributed by atoms with E-state index in [1.54, 1.807) is 0 Å². The third kappa shape index (κ3) is 4.75. The van der Waals surface area contributed by atoms with Crippen LogP contribution in [0.1, 0.15) is 79.9 Å². The van der Waals surface area contributed by atoms with Crippen molar-refractivity contribution in [2.45, 2.75) is 74.1 Å². The van der Waals surface area contributed by atoms with Crippen LogP contribution in [0.4, 0.5) is 0 Å². The highest BCUT2D eigenvalue weighted by Crippen LogP contribution is 2.33. The molecule has 0 bridgehead atoms. The molecule has 3 aromatic rings. The molecule has 4 heterocycles. The van der Waals surface area contributed by atoms with Crippen molar-refractivity contribution in [3.63, 3.8) is 0 Å². The maximum absolute atomic E-state index is 5.17. The van der Waals surface area contributed by atoms with Crippen LogP contribution in [0.5, 0.6) is 0 Å². The second-order valence-corrected chi connectivity index (χ2v) is 9.26. The van der Waals surface area contributed by atoms with Crippen LogP contribution in [-0.4, -0.2) is 20.7 Å². The molecule has 3 aromatic heterocycles. The first-order valence-electron chi connectivity index (χ1n) is 12.9. The number of nitrogens with zero attached hydrogens (tertiary/aromatic N) is 2. The minimum Gasteiger partial charge on any atom is -0.359 e. The number of rotatable bonds is 7. The zero-order valence-corrected chi connectivity index (χ0v) is 22.3. The van der Waals surface area contributed by atoms with Gasteiger partial charge < -0.3 is 9.97 Å². The molecule has 2 N–H and O–H groups in total. The lowest BCUT2D eigenvalue weighted by Gasteiger charge is -2.04. The second kappa shape index (κ2) is 10.5. The number of allylic oxidation sites excluding steroid dienone is 2. The summed E-state index contributed by atoms with van der Waals surface area (Å²) in [5, 5.41) is 2.31. The molecule has 182 valence electrons. The first-order chi connectivity index (χ1) is 16.9. The van der Waals surface area contributed by atoms with Crippen molar-refractivity contribution >= 4 is 23.9 Å². The maximum Gasteiger partial charge on any atom is 0.0693 e. The molecule has 4 rings (SSSR count). The Kier molecular flexibility index (Phi) is 7.39. The number of aryl methyl sites for hydroxylation is 1. The van der Waals surface area contributed by atoms with Crippen LogP contribution in [0.2, 0.25) is 0 Å². The Labute approximate surface area is 209 Å². The van der Waals surface area contributed by atoms with Crippen molar-refractivity contribution in [2.24, 2.45) is 4.99 Å². The number of nitrogens with one attached hydrogen (secondary N) is 2. The molecule has 0 fully saturated rings. The van der Waals surface area contributed by atoms with E-state index in [1.165, 1.54) is 39.1 Å². The van der Waals surface area contributed by atoms with Crippen LogP contribution in [0.3, 0.4) is 0 Å². The molecule has 35 heavy (non-hydrogen) atoms. The topological polar surface area (TPSA) is 56.8 Å². The van der Waals surface area contributed by atoms with Crippen LogP contribution in [0, 0.1) is 20.8 Å². The summed E-state index contributed by atoms with van der Waals surface area (Å²) in [6.45, 7) is 15.4. The number of hydrogen-bond donors (Lipinski definition) is 2. The molecule has 0 unspecified atom stereocenters. The Morgan fingerprint density at radius 2 is 1.43 bits per heavy atom. The normalized spacial score (nSPS) is 16.2. The summed E-state index contributed by atoms with van der Waals surface area (Å²) in [4.78, 5) is 16.9. The predicted molar refractivity (Wildman–Crippen MR) is 149 cm³/mol. The van der Waals surface area contributed by atoms with E-state index in [1.807, 2.05) is 24.4 Å². The van der Waals surface area contributed by atoms with Gasteiger partial charge in [0.05, 0.1) is 17.1 Å². The van der Waals surface area contributed by atoms with Crippen molar-refractivity contribution < 1.29 is 0 Å². The van der Waals surface area contributed by atoms with E-state index in [9.17, 15) is 0 Å². The van der Waals surface area contributed by atoms with Crippen LogP contribution < -0.4 is 10.7 Å². The number of H-pyrrole nitrogens is 2. The Bertz CT molecular complexity index is 1440. The van der Waals surface area contributed by atoms with Gasteiger partial charge in [-0.3, -0.25) is 4.98 Å². The first-order valence-corrected chi connectivity index (χ1v) is 12.9. The summed E-state index contributed by atoms with van der Waals surface area (Å²) in [6.07, 6.45) is 12.4. The summed E-state index contributed by atoms with van der Waals surface area (Å²) in [6, 6.07) is 6.03. The SMILES string of the molecule is CCC1=C(CC)C(/C=c2\[nH]/c(=C\c3ccccn3)c(CC)c2CC)=NC1=Cc1[nH]c(C)c(C)c1C. The van der Waals surface area contributed by atoms with Gasteiger partial charge in [-0.2, -0.15) is 0 Å². The van der Waals surface area contributed by atoms with E-state index in [0.29, 0.717) is 0 Å². The largest absolute Gasteiger partial charge is 0.359 e. The van der Waals surface area contributed by atoms with Gasteiger partial charge in [0, 0.05) is 28.3 Å². The van der Waals surface area contributed by atoms with Crippen molar-refractivity contribution in [1.29, 1.82) is 0 Å². The molecular weight excluding hydrogens is 428 g/mol. The van der Waals surface area contributed by atoms with Crippen molar-refractivity contribution in [3.8, 4) is 0 Å². The van der Waals surface area contributed by atoms with Crippen molar-refractivity contribution in [2.75, 3.05) is 0 Å². The first kappa shape index (κ1) is 24.7. The zero-order chi connectivity index (χ0) is 25.1. The molecule has 0 atom stereocenters. The van der Waals surface area contributed by atoms with Gasteiger partial charge in [-0.1, -0.05) is 33.8 Å². The summed E-state index contributed by atoms with van der Waals surface area (Å²) in [7, 11) is 0. The molecule has 0 aromatic carbocycles. The Balaban J connectivity index is 1.88. The summed E-state index contributed by atoms with van der Waals surface area (Å²) in [5.41, 5.74) is 13.6. The van der Waals surface area contributed by atoms with Gasteiger partial charge >= 0.3 is 0 Å². The lowest BCUT2D eigenvalue weighted by molar-refractivity contribution is 1.04. The van der Waals surface area contributed by atoms with Gasteiger partial charge in [-0.05, 0) is 110 Å². The van der Waals surface area contributed by atoms with Gasteiger partial charge in [-0.25, -0.2) is 4.99 Å². The number of aromatic amines is 2. The molecule has 0 saturated carbocycles. The summed E-state index contributed by atoms with van der Waals surface area (Å²) < 4.78 is 0. The lowest BCUT2D eigenvalue weighted by atomic mass is 9.98. The molecule has 1 aliphatic heterocycles. The Morgan fingerprint density at radius 1 is 0.743 bits per heavy atom. The Morgan fingerprint density at radius 3 is 1.97 bits per heavy atom. The van der Waals surface area contributed by atoms with E-state index in [2.05, 4.69) is 81.6 Å². The van der Waals surface area contributed by atoms with E-state index >= 15 is 0 Å². The number of aliphatic imine (C=N–C) groups is 1. The summed E-state index contributed by atoms with van der Waals surface area (Å²) in [5.74, 6) is 0. The van der Waals surface area contributed by atoms with E-state index < -0.39 is 0 Å².